The molecule has 3 aliphatic rings. The van der Waals surface area contributed by atoms with Crippen LogP contribution in [0.4, 0.5) is 0 Å². The maximum Gasteiger partial charge on any atom is 0.257 e. The van der Waals surface area contributed by atoms with Gasteiger partial charge in [0.05, 0.1) is 5.56 Å². The average Bonchev–Trinajstić information content (AvgIpc) is 3.24. The first-order valence-electron chi connectivity index (χ1n) is 10.3. The van der Waals surface area contributed by atoms with Gasteiger partial charge in [-0.1, -0.05) is 11.6 Å². The van der Waals surface area contributed by atoms with Crippen molar-refractivity contribution >= 4 is 29.3 Å². The molecule has 148 valence electrons. The number of likely N-dealkylation sites (tertiary alicyclic amines) is 2. The quantitative estimate of drug-likeness (QED) is 0.742. The van der Waals surface area contributed by atoms with E-state index in [-0.39, 0.29) is 12.0 Å². The number of carbonyl (C=O) groups is 1. The van der Waals surface area contributed by atoms with E-state index in [0.717, 1.165) is 57.9 Å². The van der Waals surface area contributed by atoms with Crippen LogP contribution in [0.2, 0.25) is 5.02 Å². The minimum absolute atomic E-state index is 0.0850. The summed E-state index contributed by atoms with van der Waals surface area (Å²) in [5.41, 5.74) is 0.663. The number of carbonyl (C=O) groups excluding carboxylic acids is 1. The normalized spacial score (nSPS) is 24.9. The lowest BCUT2D eigenvalue weighted by Crippen LogP contribution is -2.44. The molecule has 0 radical (unpaired) electrons. The minimum atomic E-state index is 0.0850. The first kappa shape index (κ1) is 19.4. The van der Waals surface area contributed by atoms with Gasteiger partial charge in [0.25, 0.3) is 5.91 Å². The van der Waals surface area contributed by atoms with Crippen molar-refractivity contribution in [1.82, 2.24) is 9.80 Å². The molecule has 0 bridgehead atoms. The molecule has 1 amide bonds. The van der Waals surface area contributed by atoms with Gasteiger partial charge in [0.15, 0.2) is 0 Å². The van der Waals surface area contributed by atoms with E-state index < -0.39 is 0 Å². The fraction of sp³-hybridized carbons (Fsp3) is 0.667. The third-order valence-electron chi connectivity index (χ3n) is 6.01. The Bertz CT molecular complexity index is 652. The van der Waals surface area contributed by atoms with Gasteiger partial charge in [0.2, 0.25) is 0 Å². The van der Waals surface area contributed by atoms with Crippen LogP contribution in [-0.4, -0.2) is 65.5 Å². The van der Waals surface area contributed by atoms with Crippen LogP contribution >= 0.6 is 23.4 Å². The Hall–Kier alpha value is -0.910. The van der Waals surface area contributed by atoms with Crippen molar-refractivity contribution in [3.8, 4) is 5.75 Å². The Morgan fingerprint density at radius 2 is 1.85 bits per heavy atom. The van der Waals surface area contributed by atoms with Gasteiger partial charge >= 0.3 is 0 Å². The molecule has 0 spiro atoms. The highest BCUT2D eigenvalue weighted by Crippen LogP contribution is 2.30. The second kappa shape index (κ2) is 9.06. The maximum atomic E-state index is 13.0. The summed E-state index contributed by atoms with van der Waals surface area (Å²) in [6.45, 7) is 3.87. The van der Waals surface area contributed by atoms with Crippen molar-refractivity contribution in [3.63, 3.8) is 0 Å². The predicted molar refractivity (Wildman–Crippen MR) is 112 cm³/mol. The second-order valence-electron chi connectivity index (χ2n) is 7.86. The highest BCUT2D eigenvalue weighted by molar-refractivity contribution is 7.99. The molecule has 0 saturated carbocycles. The Kier molecular flexibility index (Phi) is 6.51. The van der Waals surface area contributed by atoms with Gasteiger partial charge in [-0.05, 0) is 62.5 Å². The Labute approximate surface area is 171 Å². The maximum absolute atomic E-state index is 13.0. The van der Waals surface area contributed by atoms with Gasteiger partial charge in [-0.3, -0.25) is 9.69 Å². The molecule has 3 fully saturated rings. The Balaban J connectivity index is 1.41. The van der Waals surface area contributed by atoms with E-state index in [0.29, 0.717) is 16.3 Å². The van der Waals surface area contributed by atoms with E-state index in [9.17, 15) is 4.79 Å². The zero-order valence-electron chi connectivity index (χ0n) is 15.9. The number of piperidine rings is 2. The lowest BCUT2D eigenvalue weighted by atomic mass is 10.0. The van der Waals surface area contributed by atoms with Crippen LogP contribution in [0, 0.1) is 0 Å². The first-order valence-corrected chi connectivity index (χ1v) is 11.8. The molecule has 4 rings (SSSR count). The third kappa shape index (κ3) is 4.75. The summed E-state index contributed by atoms with van der Waals surface area (Å²) in [7, 11) is 0. The van der Waals surface area contributed by atoms with Crippen LogP contribution < -0.4 is 4.74 Å². The molecule has 3 heterocycles. The molecule has 1 atom stereocenters. The van der Waals surface area contributed by atoms with Crippen LogP contribution in [0.1, 0.15) is 48.9 Å². The molecule has 3 aliphatic heterocycles. The van der Waals surface area contributed by atoms with Gasteiger partial charge in [-0.2, -0.15) is 11.8 Å². The Morgan fingerprint density at radius 1 is 1.07 bits per heavy atom. The molecule has 1 aromatic carbocycles. The molecule has 0 N–H and O–H groups in total. The van der Waals surface area contributed by atoms with Gasteiger partial charge in [-0.25, -0.2) is 0 Å². The number of nitrogens with zero attached hydrogens (tertiary/aromatic N) is 2. The van der Waals surface area contributed by atoms with Crippen molar-refractivity contribution in [2.24, 2.45) is 0 Å². The number of amides is 1. The highest BCUT2D eigenvalue weighted by atomic mass is 35.5. The predicted octanol–water partition coefficient (Wildman–Crippen LogP) is 4.31. The highest BCUT2D eigenvalue weighted by Gasteiger charge is 2.29. The number of hydrogen-bond acceptors (Lipinski definition) is 4. The van der Waals surface area contributed by atoms with Crippen molar-refractivity contribution in [3.05, 3.63) is 28.8 Å². The third-order valence-corrected chi connectivity index (χ3v) is 7.39. The number of halogens is 1. The molecule has 6 heteroatoms. The lowest BCUT2D eigenvalue weighted by Gasteiger charge is -2.36. The second-order valence-corrected chi connectivity index (χ2v) is 9.45. The van der Waals surface area contributed by atoms with E-state index in [1.54, 1.807) is 6.07 Å². The van der Waals surface area contributed by atoms with E-state index in [1.165, 1.54) is 24.3 Å². The van der Waals surface area contributed by atoms with Crippen LogP contribution in [0.15, 0.2) is 18.2 Å². The summed E-state index contributed by atoms with van der Waals surface area (Å²) in [5.74, 6) is 3.31. The van der Waals surface area contributed by atoms with Crippen LogP contribution in [0.25, 0.3) is 0 Å². The molecule has 3 saturated heterocycles. The summed E-state index contributed by atoms with van der Waals surface area (Å²) in [6, 6.07) is 6.20. The van der Waals surface area contributed by atoms with Gasteiger partial charge in [0, 0.05) is 43.0 Å². The van der Waals surface area contributed by atoms with Gasteiger partial charge in [0.1, 0.15) is 11.9 Å². The topological polar surface area (TPSA) is 32.8 Å². The van der Waals surface area contributed by atoms with E-state index in [4.69, 9.17) is 16.3 Å². The number of thioether (sulfide) groups is 1. The fourth-order valence-corrected chi connectivity index (χ4v) is 5.80. The molecule has 4 nitrogen and oxygen atoms in total. The fourth-order valence-electron chi connectivity index (χ4n) is 4.39. The van der Waals surface area contributed by atoms with E-state index in [1.807, 2.05) is 17.0 Å². The van der Waals surface area contributed by atoms with Gasteiger partial charge in [-0.15, -0.1) is 0 Å². The number of benzene rings is 1. The average molecular weight is 409 g/mol. The largest absolute Gasteiger partial charge is 0.489 e. The van der Waals surface area contributed by atoms with Crippen LogP contribution in [-0.2, 0) is 0 Å². The van der Waals surface area contributed by atoms with Crippen molar-refractivity contribution in [2.45, 2.75) is 50.7 Å². The standard InChI is InChI=1S/C21H29ClN2O2S/c22-16-4-5-19(21(25)24-9-2-1-3-10-24)20(14-16)26-18-6-11-23(12-7-18)17-8-13-27-15-17/h4-5,14,17-18H,1-3,6-13,15H2/t17-/m1/s1. The summed E-state index contributed by atoms with van der Waals surface area (Å²) >= 11 is 8.29. The molecule has 0 unspecified atom stereocenters. The van der Waals surface area contributed by atoms with Crippen molar-refractivity contribution in [2.75, 3.05) is 37.7 Å². The van der Waals surface area contributed by atoms with Crippen molar-refractivity contribution < 1.29 is 9.53 Å². The molecular formula is C21H29ClN2O2S. The molecular weight excluding hydrogens is 380 g/mol. The van der Waals surface area contributed by atoms with E-state index >= 15 is 0 Å². The summed E-state index contributed by atoms with van der Waals surface area (Å²) in [5, 5.41) is 0.626. The van der Waals surface area contributed by atoms with Crippen molar-refractivity contribution in [1.29, 1.82) is 0 Å². The Morgan fingerprint density at radius 3 is 2.56 bits per heavy atom. The first-order chi connectivity index (χ1) is 13.2. The van der Waals surface area contributed by atoms with Crippen LogP contribution in [0.3, 0.4) is 0 Å². The number of rotatable bonds is 4. The molecule has 0 aliphatic carbocycles. The number of ether oxygens (including phenoxy) is 1. The summed E-state index contributed by atoms with van der Waals surface area (Å²) < 4.78 is 6.33. The summed E-state index contributed by atoms with van der Waals surface area (Å²) in [4.78, 5) is 17.6. The smallest absolute Gasteiger partial charge is 0.257 e. The minimum Gasteiger partial charge on any atom is -0.489 e. The van der Waals surface area contributed by atoms with E-state index in [2.05, 4.69) is 16.7 Å². The lowest BCUT2D eigenvalue weighted by molar-refractivity contribution is 0.0687. The summed E-state index contributed by atoms with van der Waals surface area (Å²) in [6.07, 6.45) is 6.92. The molecule has 1 aromatic rings. The zero-order valence-corrected chi connectivity index (χ0v) is 17.4. The van der Waals surface area contributed by atoms with Crippen LogP contribution in [0.5, 0.6) is 5.75 Å². The molecule has 0 aromatic heterocycles. The zero-order chi connectivity index (χ0) is 18.6. The number of hydrogen-bond donors (Lipinski definition) is 0. The SMILES string of the molecule is O=C(c1ccc(Cl)cc1OC1CCN([C@@H]2CCSC2)CC1)N1CCCCC1. The monoisotopic (exact) mass is 408 g/mol. The van der Waals surface area contributed by atoms with Gasteiger partial charge < -0.3 is 9.64 Å². The molecule has 27 heavy (non-hydrogen) atoms.